The smallest absolute Gasteiger partial charge is 0.251 e. The van der Waals surface area contributed by atoms with Gasteiger partial charge in [-0.1, -0.05) is 12.1 Å². The second-order valence-corrected chi connectivity index (χ2v) is 8.35. The molecule has 3 rings (SSSR count). The Hall–Kier alpha value is -1.04. The highest BCUT2D eigenvalue weighted by molar-refractivity contribution is 8.00. The quantitative estimate of drug-likeness (QED) is 0.829. The number of thioether (sulfide) groups is 1. The number of aliphatic hydroxyl groups excluding tert-OH is 1. The third-order valence-electron chi connectivity index (χ3n) is 5.10. The van der Waals surface area contributed by atoms with E-state index >= 15 is 0 Å². The van der Waals surface area contributed by atoms with Crippen LogP contribution >= 0.6 is 11.8 Å². The zero-order valence-electron chi connectivity index (χ0n) is 14.2. The standard InChI is InChI=1S/C19H28N2O2S/c22-14-16-7-9-21(10-8-16)13-15-3-5-17(6-4-15)19(23)20-12-18-2-1-11-24-18/h3-6,16,18,22H,1-2,7-14H2,(H,20,23)/t18-/m1/s1. The Kier molecular flexibility index (Phi) is 6.58. The van der Waals surface area contributed by atoms with E-state index in [1.54, 1.807) is 0 Å². The highest BCUT2D eigenvalue weighted by Gasteiger charge is 2.19. The van der Waals surface area contributed by atoms with Crippen LogP contribution in [0, 0.1) is 5.92 Å². The van der Waals surface area contributed by atoms with Crippen LogP contribution in [0.3, 0.4) is 0 Å². The van der Waals surface area contributed by atoms with Crippen LogP contribution in [-0.4, -0.2) is 53.2 Å². The lowest BCUT2D eigenvalue weighted by Crippen LogP contribution is -2.34. The van der Waals surface area contributed by atoms with E-state index in [0.29, 0.717) is 17.8 Å². The molecule has 4 nitrogen and oxygen atoms in total. The van der Waals surface area contributed by atoms with Gasteiger partial charge in [0.1, 0.15) is 0 Å². The summed E-state index contributed by atoms with van der Waals surface area (Å²) >= 11 is 1.97. The fraction of sp³-hybridized carbons (Fsp3) is 0.632. The van der Waals surface area contributed by atoms with E-state index < -0.39 is 0 Å². The van der Waals surface area contributed by atoms with Crippen molar-refractivity contribution in [1.29, 1.82) is 0 Å². The van der Waals surface area contributed by atoms with Crippen LogP contribution in [0.5, 0.6) is 0 Å². The molecule has 2 saturated heterocycles. The predicted molar refractivity (Wildman–Crippen MR) is 99.3 cm³/mol. The van der Waals surface area contributed by atoms with Gasteiger partial charge in [0.05, 0.1) is 0 Å². The highest BCUT2D eigenvalue weighted by Crippen LogP contribution is 2.25. The molecule has 2 aliphatic heterocycles. The van der Waals surface area contributed by atoms with Crippen LogP contribution in [0.15, 0.2) is 24.3 Å². The first-order chi connectivity index (χ1) is 11.7. The van der Waals surface area contributed by atoms with Crippen LogP contribution in [0.1, 0.15) is 41.6 Å². The van der Waals surface area contributed by atoms with Crippen molar-refractivity contribution in [1.82, 2.24) is 10.2 Å². The van der Waals surface area contributed by atoms with Gasteiger partial charge in [0.25, 0.3) is 5.91 Å². The molecule has 1 amide bonds. The summed E-state index contributed by atoms with van der Waals surface area (Å²) in [7, 11) is 0. The van der Waals surface area contributed by atoms with E-state index in [1.807, 2.05) is 23.9 Å². The molecule has 132 valence electrons. The fourth-order valence-electron chi connectivity index (χ4n) is 3.46. The van der Waals surface area contributed by atoms with Crippen molar-refractivity contribution in [2.24, 2.45) is 5.92 Å². The molecule has 2 aliphatic rings. The zero-order valence-corrected chi connectivity index (χ0v) is 15.1. The maximum absolute atomic E-state index is 12.2. The fourth-order valence-corrected chi connectivity index (χ4v) is 4.66. The van der Waals surface area contributed by atoms with Crippen LogP contribution < -0.4 is 5.32 Å². The van der Waals surface area contributed by atoms with E-state index in [2.05, 4.69) is 22.3 Å². The molecule has 0 unspecified atom stereocenters. The van der Waals surface area contributed by atoms with Gasteiger partial charge in [-0.05, 0) is 68.1 Å². The Morgan fingerprint density at radius 3 is 2.58 bits per heavy atom. The topological polar surface area (TPSA) is 52.6 Å². The Labute approximate surface area is 149 Å². The molecular weight excluding hydrogens is 320 g/mol. The van der Waals surface area contributed by atoms with Crippen LogP contribution in [0.25, 0.3) is 0 Å². The van der Waals surface area contributed by atoms with Crippen molar-refractivity contribution in [3.63, 3.8) is 0 Å². The minimum atomic E-state index is 0.0396. The molecule has 0 bridgehead atoms. The molecular formula is C19H28N2O2S. The van der Waals surface area contributed by atoms with Crippen molar-refractivity contribution >= 4 is 17.7 Å². The summed E-state index contributed by atoms with van der Waals surface area (Å²) in [6.45, 7) is 4.12. The first-order valence-corrected chi connectivity index (χ1v) is 10.1. The van der Waals surface area contributed by atoms with Crippen molar-refractivity contribution in [2.45, 2.75) is 37.5 Å². The molecule has 0 radical (unpaired) electrons. The summed E-state index contributed by atoms with van der Waals surface area (Å²) in [5.41, 5.74) is 2.00. The summed E-state index contributed by atoms with van der Waals surface area (Å²) in [5, 5.41) is 12.9. The van der Waals surface area contributed by atoms with Crippen molar-refractivity contribution in [2.75, 3.05) is 32.0 Å². The second-order valence-electron chi connectivity index (χ2n) is 6.94. The Bertz CT molecular complexity index is 521. The molecule has 0 spiro atoms. The summed E-state index contributed by atoms with van der Waals surface area (Å²) in [5.74, 6) is 1.74. The monoisotopic (exact) mass is 348 g/mol. The van der Waals surface area contributed by atoms with Gasteiger partial charge in [-0.25, -0.2) is 0 Å². The van der Waals surface area contributed by atoms with Crippen molar-refractivity contribution in [3.05, 3.63) is 35.4 Å². The number of carbonyl (C=O) groups is 1. The lowest BCUT2D eigenvalue weighted by atomic mass is 9.97. The predicted octanol–water partition coefficient (Wildman–Crippen LogP) is 2.52. The number of hydrogen-bond donors (Lipinski definition) is 2. The number of nitrogens with one attached hydrogen (secondary N) is 1. The molecule has 5 heteroatoms. The first kappa shape index (κ1) is 17.8. The Balaban J connectivity index is 1.45. The van der Waals surface area contributed by atoms with Gasteiger partial charge in [-0.2, -0.15) is 11.8 Å². The Morgan fingerprint density at radius 1 is 1.21 bits per heavy atom. The molecule has 0 aliphatic carbocycles. The van der Waals surface area contributed by atoms with Gasteiger partial charge in [0, 0.05) is 30.5 Å². The number of piperidine rings is 1. The first-order valence-electron chi connectivity index (χ1n) is 9.06. The SMILES string of the molecule is O=C(NC[C@H]1CCCS1)c1ccc(CN2CCC(CO)CC2)cc1. The molecule has 24 heavy (non-hydrogen) atoms. The molecule has 1 aromatic rings. The third kappa shape index (κ3) is 4.98. The third-order valence-corrected chi connectivity index (χ3v) is 6.50. The number of nitrogens with zero attached hydrogens (tertiary/aromatic N) is 1. The minimum Gasteiger partial charge on any atom is -0.396 e. The number of likely N-dealkylation sites (tertiary alicyclic amines) is 1. The molecule has 0 aromatic heterocycles. The number of amides is 1. The summed E-state index contributed by atoms with van der Waals surface area (Å²) in [6, 6.07) is 8.01. The maximum Gasteiger partial charge on any atom is 0.251 e. The molecule has 1 aromatic carbocycles. The number of rotatable bonds is 6. The van der Waals surface area contributed by atoms with Gasteiger partial charge < -0.3 is 10.4 Å². The second kappa shape index (κ2) is 8.88. The van der Waals surface area contributed by atoms with E-state index in [-0.39, 0.29) is 5.91 Å². The molecule has 2 fully saturated rings. The average molecular weight is 349 g/mol. The van der Waals surface area contributed by atoms with Crippen molar-refractivity contribution < 1.29 is 9.90 Å². The number of benzene rings is 1. The summed E-state index contributed by atoms with van der Waals surface area (Å²) in [6.07, 6.45) is 4.65. The largest absolute Gasteiger partial charge is 0.396 e. The molecule has 1 atom stereocenters. The number of aliphatic hydroxyl groups is 1. The van der Waals surface area contributed by atoms with Crippen LogP contribution in [-0.2, 0) is 6.54 Å². The van der Waals surface area contributed by atoms with E-state index in [9.17, 15) is 9.90 Å². The van der Waals surface area contributed by atoms with Gasteiger partial charge in [0.15, 0.2) is 0 Å². The zero-order chi connectivity index (χ0) is 16.8. The highest BCUT2D eigenvalue weighted by atomic mass is 32.2. The van der Waals surface area contributed by atoms with Crippen molar-refractivity contribution in [3.8, 4) is 0 Å². The summed E-state index contributed by atoms with van der Waals surface area (Å²) < 4.78 is 0. The number of carbonyl (C=O) groups excluding carboxylic acids is 1. The van der Waals surface area contributed by atoms with Crippen LogP contribution in [0.2, 0.25) is 0 Å². The van der Waals surface area contributed by atoms with E-state index in [0.717, 1.165) is 44.6 Å². The lowest BCUT2D eigenvalue weighted by molar-refractivity contribution is 0.0953. The van der Waals surface area contributed by atoms with Gasteiger partial charge >= 0.3 is 0 Å². The summed E-state index contributed by atoms with van der Waals surface area (Å²) in [4.78, 5) is 14.6. The molecule has 0 saturated carbocycles. The normalized spacial score (nSPS) is 22.6. The van der Waals surface area contributed by atoms with Gasteiger partial charge in [-0.15, -0.1) is 0 Å². The number of hydrogen-bond acceptors (Lipinski definition) is 4. The maximum atomic E-state index is 12.2. The Morgan fingerprint density at radius 2 is 1.96 bits per heavy atom. The van der Waals surface area contributed by atoms with E-state index in [1.165, 1.54) is 24.2 Å². The average Bonchev–Trinajstić information content (AvgIpc) is 3.14. The van der Waals surface area contributed by atoms with E-state index in [4.69, 9.17) is 0 Å². The molecule has 2 heterocycles. The molecule has 2 N–H and O–H groups in total. The van der Waals surface area contributed by atoms with Crippen LogP contribution in [0.4, 0.5) is 0 Å². The minimum absolute atomic E-state index is 0.0396. The van der Waals surface area contributed by atoms with Gasteiger partial charge in [0.2, 0.25) is 0 Å². The lowest BCUT2D eigenvalue weighted by Gasteiger charge is -2.31. The van der Waals surface area contributed by atoms with Gasteiger partial charge in [-0.3, -0.25) is 9.69 Å².